The van der Waals surface area contributed by atoms with Gasteiger partial charge in [-0.1, -0.05) is 0 Å². The third-order valence-corrected chi connectivity index (χ3v) is 4.24. The largest absolute Gasteiger partial charge is 0.355 e. The van der Waals surface area contributed by atoms with Crippen molar-refractivity contribution in [3.05, 3.63) is 48.5 Å². The first-order valence-corrected chi connectivity index (χ1v) is 8.12. The Bertz CT molecular complexity index is 868. The maximum Gasteiger partial charge on any atom is 0.257 e. The van der Waals surface area contributed by atoms with E-state index >= 15 is 0 Å². The highest BCUT2D eigenvalue weighted by Crippen LogP contribution is 2.26. The average Bonchev–Trinajstić information content (AvgIpc) is 3.10. The molecule has 1 N–H and O–H groups in total. The lowest BCUT2D eigenvalue weighted by molar-refractivity contribution is 0.102. The maximum atomic E-state index is 12.6. The Labute approximate surface area is 139 Å². The van der Waals surface area contributed by atoms with Crippen LogP contribution in [0.1, 0.15) is 29.6 Å². The molecule has 0 radical (unpaired) electrons. The number of hydrogen-bond donors (Lipinski definition) is 1. The Morgan fingerprint density at radius 3 is 2.88 bits per heavy atom. The molecule has 0 atom stereocenters. The highest BCUT2D eigenvalue weighted by Gasteiger charge is 2.17. The lowest BCUT2D eigenvalue weighted by Crippen LogP contribution is -2.31. The van der Waals surface area contributed by atoms with Crippen molar-refractivity contribution in [2.75, 3.05) is 23.3 Å². The summed E-state index contributed by atoms with van der Waals surface area (Å²) in [5.41, 5.74) is 2.01. The molecule has 0 saturated carbocycles. The number of hydrogen-bond acceptors (Lipinski definition) is 5. The fourth-order valence-electron chi connectivity index (χ4n) is 3.01. The van der Waals surface area contributed by atoms with Gasteiger partial charge in [0.25, 0.3) is 5.91 Å². The van der Waals surface area contributed by atoms with Crippen LogP contribution in [0.2, 0.25) is 0 Å². The van der Waals surface area contributed by atoms with Crippen LogP contribution in [0.3, 0.4) is 0 Å². The number of amides is 1. The van der Waals surface area contributed by atoms with Crippen LogP contribution in [0, 0.1) is 0 Å². The molecule has 0 unspecified atom stereocenters. The fraction of sp³-hybridized carbons (Fsp3) is 0.294. The summed E-state index contributed by atoms with van der Waals surface area (Å²) < 4.78 is 1.73. The molecule has 4 rings (SSSR count). The van der Waals surface area contributed by atoms with Gasteiger partial charge in [-0.05, 0) is 43.5 Å². The highest BCUT2D eigenvalue weighted by molar-refractivity contribution is 6.05. The van der Waals surface area contributed by atoms with Crippen LogP contribution in [-0.4, -0.2) is 38.6 Å². The monoisotopic (exact) mass is 322 g/mol. The van der Waals surface area contributed by atoms with Gasteiger partial charge in [-0.15, -0.1) is 10.2 Å². The van der Waals surface area contributed by atoms with Crippen molar-refractivity contribution in [2.24, 2.45) is 0 Å². The van der Waals surface area contributed by atoms with Crippen molar-refractivity contribution in [3.8, 4) is 0 Å². The molecule has 122 valence electrons. The second-order valence-corrected chi connectivity index (χ2v) is 5.89. The van der Waals surface area contributed by atoms with Crippen molar-refractivity contribution < 1.29 is 4.79 Å². The number of pyridine rings is 2. The summed E-state index contributed by atoms with van der Waals surface area (Å²) in [5, 5.41) is 10.8. The van der Waals surface area contributed by atoms with Crippen LogP contribution in [0.15, 0.2) is 43.0 Å². The molecule has 1 aliphatic rings. The second-order valence-electron chi connectivity index (χ2n) is 5.89. The van der Waals surface area contributed by atoms with E-state index in [9.17, 15) is 4.79 Å². The Kier molecular flexibility index (Phi) is 3.82. The predicted octanol–water partition coefficient (Wildman–Crippen LogP) is 2.37. The van der Waals surface area contributed by atoms with Gasteiger partial charge in [0.1, 0.15) is 6.33 Å². The molecule has 24 heavy (non-hydrogen) atoms. The molecule has 0 aromatic carbocycles. The minimum Gasteiger partial charge on any atom is -0.355 e. The van der Waals surface area contributed by atoms with E-state index in [4.69, 9.17) is 0 Å². The Balaban J connectivity index is 1.59. The van der Waals surface area contributed by atoms with Gasteiger partial charge in [-0.25, -0.2) is 4.98 Å². The topological polar surface area (TPSA) is 75.4 Å². The molecule has 0 aliphatic carbocycles. The zero-order valence-electron chi connectivity index (χ0n) is 13.2. The van der Waals surface area contributed by atoms with Gasteiger partial charge in [0, 0.05) is 25.5 Å². The molecule has 1 aliphatic heterocycles. The number of piperidine rings is 1. The van der Waals surface area contributed by atoms with Gasteiger partial charge in [0.15, 0.2) is 11.5 Å². The molecule has 3 aromatic rings. The summed E-state index contributed by atoms with van der Waals surface area (Å²) in [6.45, 7) is 1.96. The smallest absolute Gasteiger partial charge is 0.257 e. The summed E-state index contributed by atoms with van der Waals surface area (Å²) in [5.74, 6) is 0.674. The third kappa shape index (κ3) is 2.80. The quantitative estimate of drug-likeness (QED) is 0.801. The molecule has 0 bridgehead atoms. The van der Waals surface area contributed by atoms with E-state index in [1.54, 1.807) is 35.3 Å². The Morgan fingerprint density at radius 1 is 1.12 bits per heavy atom. The van der Waals surface area contributed by atoms with Gasteiger partial charge in [0.05, 0.1) is 11.3 Å². The van der Waals surface area contributed by atoms with Crippen molar-refractivity contribution in [2.45, 2.75) is 19.3 Å². The highest BCUT2D eigenvalue weighted by atomic mass is 16.1. The van der Waals surface area contributed by atoms with Crippen LogP contribution >= 0.6 is 0 Å². The summed E-state index contributed by atoms with van der Waals surface area (Å²) in [4.78, 5) is 19.3. The molecule has 1 fully saturated rings. The van der Waals surface area contributed by atoms with Crippen LogP contribution < -0.4 is 10.2 Å². The van der Waals surface area contributed by atoms with Gasteiger partial charge >= 0.3 is 0 Å². The van der Waals surface area contributed by atoms with E-state index in [0.717, 1.165) is 37.4 Å². The average molecular weight is 322 g/mol. The zero-order valence-corrected chi connectivity index (χ0v) is 13.2. The number of fused-ring (bicyclic) bond motifs is 1. The van der Waals surface area contributed by atoms with E-state index in [2.05, 4.69) is 25.4 Å². The molecule has 7 nitrogen and oxygen atoms in total. The normalized spacial score (nSPS) is 14.8. The Hall–Kier alpha value is -2.96. The van der Waals surface area contributed by atoms with Gasteiger partial charge < -0.3 is 10.2 Å². The number of carbonyl (C=O) groups is 1. The van der Waals surface area contributed by atoms with Crippen molar-refractivity contribution >= 4 is 23.1 Å². The summed E-state index contributed by atoms with van der Waals surface area (Å²) >= 11 is 0. The molecule has 4 heterocycles. The first-order chi connectivity index (χ1) is 11.8. The molecule has 3 aromatic heterocycles. The number of nitrogens with zero attached hydrogens (tertiary/aromatic N) is 5. The maximum absolute atomic E-state index is 12.6. The van der Waals surface area contributed by atoms with E-state index in [-0.39, 0.29) is 5.91 Å². The van der Waals surface area contributed by atoms with E-state index in [1.807, 2.05) is 12.1 Å². The molecule has 1 saturated heterocycles. The van der Waals surface area contributed by atoms with Gasteiger partial charge in [-0.2, -0.15) is 0 Å². The number of anilines is 2. The SMILES string of the molecule is O=C(Nc1cccnc1N1CCCCC1)c1ccc2nncn2c1. The van der Waals surface area contributed by atoms with E-state index in [0.29, 0.717) is 11.2 Å². The molecule has 0 spiro atoms. The third-order valence-electron chi connectivity index (χ3n) is 4.24. The molecule has 7 heteroatoms. The van der Waals surface area contributed by atoms with Crippen molar-refractivity contribution in [3.63, 3.8) is 0 Å². The number of rotatable bonds is 3. The van der Waals surface area contributed by atoms with E-state index < -0.39 is 0 Å². The minimum atomic E-state index is -0.170. The van der Waals surface area contributed by atoms with Crippen LogP contribution in [-0.2, 0) is 0 Å². The van der Waals surface area contributed by atoms with Crippen LogP contribution in [0.4, 0.5) is 11.5 Å². The minimum absolute atomic E-state index is 0.170. The fourth-order valence-corrected chi connectivity index (χ4v) is 3.01. The molecular weight excluding hydrogens is 304 g/mol. The standard InChI is InChI=1S/C17H18N6O/c24-17(13-6-7-15-21-19-12-23(15)11-13)20-14-5-4-8-18-16(14)22-9-2-1-3-10-22/h4-8,11-12H,1-3,9-10H2,(H,20,24). The first kappa shape index (κ1) is 14.6. The zero-order chi connectivity index (χ0) is 16.4. The lowest BCUT2D eigenvalue weighted by Gasteiger charge is -2.29. The predicted molar refractivity (Wildman–Crippen MR) is 91.2 cm³/mol. The van der Waals surface area contributed by atoms with E-state index in [1.165, 1.54) is 6.42 Å². The van der Waals surface area contributed by atoms with Crippen molar-refractivity contribution in [1.82, 2.24) is 19.6 Å². The number of nitrogens with one attached hydrogen (secondary N) is 1. The number of carbonyl (C=O) groups excluding carboxylic acids is 1. The first-order valence-electron chi connectivity index (χ1n) is 8.12. The summed E-state index contributed by atoms with van der Waals surface area (Å²) in [7, 11) is 0. The molecule has 1 amide bonds. The van der Waals surface area contributed by atoms with Crippen LogP contribution in [0.25, 0.3) is 5.65 Å². The Morgan fingerprint density at radius 2 is 2.00 bits per heavy atom. The second kappa shape index (κ2) is 6.27. The van der Waals surface area contributed by atoms with Crippen LogP contribution in [0.5, 0.6) is 0 Å². The van der Waals surface area contributed by atoms with Crippen molar-refractivity contribution in [1.29, 1.82) is 0 Å². The van der Waals surface area contributed by atoms with Gasteiger partial charge in [-0.3, -0.25) is 9.20 Å². The lowest BCUT2D eigenvalue weighted by atomic mass is 10.1. The van der Waals surface area contributed by atoms with Gasteiger partial charge in [0.2, 0.25) is 0 Å². The summed E-state index contributed by atoms with van der Waals surface area (Å²) in [6, 6.07) is 7.26. The number of aromatic nitrogens is 4. The summed E-state index contributed by atoms with van der Waals surface area (Å²) in [6.07, 6.45) is 8.65. The molecular formula is C17H18N6O.